The van der Waals surface area contributed by atoms with E-state index in [-0.39, 0.29) is 0 Å². The number of nitriles is 1. The average molecular weight is 295 g/mol. The SMILES string of the molecule is COc1cccc(N(C#N)C(=O)NC(=O)c2ccccc2)c1. The van der Waals surface area contributed by atoms with Crippen LogP contribution in [0.2, 0.25) is 0 Å². The van der Waals surface area contributed by atoms with Crippen LogP contribution in [0.1, 0.15) is 10.4 Å². The van der Waals surface area contributed by atoms with Crippen molar-refractivity contribution in [3.05, 3.63) is 60.2 Å². The number of carbonyl (C=O) groups excluding carboxylic acids is 2. The molecule has 0 spiro atoms. The molecular formula is C16H13N3O3. The topological polar surface area (TPSA) is 82.4 Å². The Morgan fingerprint density at radius 2 is 1.86 bits per heavy atom. The maximum absolute atomic E-state index is 12.1. The quantitative estimate of drug-likeness (QED) is 0.696. The largest absolute Gasteiger partial charge is 0.497 e. The first-order chi connectivity index (χ1) is 10.7. The van der Waals surface area contributed by atoms with Gasteiger partial charge in [-0.25, -0.2) is 4.79 Å². The van der Waals surface area contributed by atoms with E-state index in [1.165, 1.54) is 13.2 Å². The van der Waals surface area contributed by atoms with Gasteiger partial charge in [-0.2, -0.15) is 10.2 Å². The van der Waals surface area contributed by atoms with Crippen LogP contribution in [0.5, 0.6) is 5.75 Å². The van der Waals surface area contributed by atoms with E-state index < -0.39 is 11.9 Å². The molecule has 0 saturated carbocycles. The first kappa shape index (κ1) is 15.1. The number of urea groups is 1. The first-order valence-corrected chi connectivity index (χ1v) is 6.40. The molecule has 0 bridgehead atoms. The predicted octanol–water partition coefficient (Wildman–Crippen LogP) is 2.53. The Labute approximate surface area is 127 Å². The summed E-state index contributed by atoms with van der Waals surface area (Å²) in [7, 11) is 1.48. The lowest BCUT2D eigenvalue weighted by Crippen LogP contribution is -2.40. The smallest absolute Gasteiger partial charge is 0.342 e. The lowest BCUT2D eigenvalue weighted by Gasteiger charge is -2.14. The van der Waals surface area contributed by atoms with Crippen molar-refractivity contribution in [2.45, 2.75) is 0 Å². The van der Waals surface area contributed by atoms with E-state index in [0.29, 0.717) is 17.0 Å². The molecule has 0 aromatic heterocycles. The third-order valence-electron chi connectivity index (χ3n) is 2.87. The minimum absolute atomic E-state index is 0.306. The van der Waals surface area contributed by atoms with Crippen molar-refractivity contribution in [2.75, 3.05) is 12.0 Å². The summed E-state index contributed by atoms with van der Waals surface area (Å²) in [6.07, 6.45) is 1.74. The number of ether oxygens (including phenoxy) is 1. The number of imide groups is 1. The second kappa shape index (κ2) is 6.90. The monoisotopic (exact) mass is 295 g/mol. The fourth-order valence-corrected chi connectivity index (χ4v) is 1.78. The molecule has 0 aliphatic rings. The molecular weight excluding hydrogens is 282 g/mol. The molecule has 0 heterocycles. The van der Waals surface area contributed by atoms with E-state index in [1.54, 1.807) is 54.7 Å². The summed E-state index contributed by atoms with van der Waals surface area (Å²) in [5.74, 6) is -0.0753. The number of hydrogen-bond donors (Lipinski definition) is 1. The van der Waals surface area contributed by atoms with Crippen LogP contribution < -0.4 is 15.0 Å². The van der Waals surface area contributed by atoms with Crippen molar-refractivity contribution in [3.8, 4) is 11.9 Å². The van der Waals surface area contributed by atoms with Gasteiger partial charge in [0.25, 0.3) is 5.91 Å². The van der Waals surface area contributed by atoms with Crippen LogP contribution >= 0.6 is 0 Å². The van der Waals surface area contributed by atoms with Gasteiger partial charge in [0.15, 0.2) is 6.19 Å². The number of carbonyl (C=O) groups is 2. The van der Waals surface area contributed by atoms with Gasteiger partial charge in [0.2, 0.25) is 0 Å². The van der Waals surface area contributed by atoms with Crippen molar-refractivity contribution in [2.24, 2.45) is 0 Å². The van der Waals surface area contributed by atoms with Gasteiger partial charge in [-0.3, -0.25) is 10.1 Å². The highest BCUT2D eigenvalue weighted by Gasteiger charge is 2.19. The van der Waals surface area contributed by atoms with E-state index in [9.17, 15) is 9.59 Å². The van der Waals surface area contributed by atoms with Gasteiger partial charge in [0.1, 0.15) is 5.75 Å². The Kier molecular flexibility index (Phi) is 4.73. The Morgan fingerprint density at radius 3 is 2.50 bits per heavy atom. The van der Waals surface area contributed by atoms with Crippen LogP contribution in [0.4, 0.5) is 10.5 Å². The predicted molar refractivity (Wildman–Crippen MR) is 80.4 cm³/mol. The van der Waals surface area contributed by atoms with Gasteiger partial charge in [-0.1, -0.05) is 24.3 Å². The maximum atomic E-state index is 12.1. The van der Waals surface area contributed by atoms with Crippen molar-refractivity contribution in [3.63, 3.8) is 0 Å². The fraction of sp³-hybridized carbons (Fsp3) is 0.0625. The summed E-state index contributed by atoms with van der Waals surface area (Å²) in [4.78, 5) is 24.8. The van der Waals surface area contributed by atoms with E-state index >= 15 is 0 Å². The second-order valence-electron chi connectivity index (χ2n) is 4.26. The molecule has 6 nitrogen and oxygen atoms in total. The van der Waals surface area contributed by atoms with Crippen LogP contribution in [-0.4, -0.2) is 19.0 Å². The van der Waals surface area contributed by atoms with E-state index in [2.05, 4.69) is 5.32 Å². The molecule has 22 heavy (non-hydrogen) atoms. The molecule has 3 amide bonds. The van der Waals surface area contributed by atoms with Gasteiger partial charge in [-0.15, -0.1) is 0 Å². The van der Waals surface area contributed by atoms with Crippen LogP contribution in [0, 0.1) is 11.5 Å². The number of nitrogens with one attached hydrogen (secondary N) is 1. The fourth-order valence-electron chi connectivity index (χ4n) is 1.78. The van der Waals surface area contributed by atoms with E-state index in [4.69, 9.17) is 10.00 Å². The molecule has 0 aliphatic heterocycles. The highest BCUT2D eigenvalue weighted by Crippen LogP contribution is 2.20. The zero-order valence-electron chi connectivity index (χ0n) is 11.8. The number of nitrogens with zero attached hydrogens (tertiary/aromatic N) is 2. The normalized spacial score (nSPS) is 9.45. The lowest BCUT2D eigenvalue weighted by molar-refractivity contribution is 0.0966. The Morgan fingerprint density at radius 1 is 1.14 bits per heavy atom. The zero-order chi connectivity index (χ0) is 15.9. The van der Waals surface area contributed by atoms with Gasteiger partial charge >= 0.3 is 6.03 Å². The van der Waals surface area contributed by atoms with Crippen LogP contribution in [0.15, 0.2) is 54.6 Å². The van der Waals surface area contributed by atoms with Crippen LogP contribution in [0.25, 0.3) is 0 Å². The first-order valence-electron chi connectivity index (χ1n) is 6.40. The zero-order valence-corrected chi connectivity index (χ0v) is 11.8. The van der Waals surface area contributed by atoms with E-state index in [1.807, 2.05) is 0 Å². The molecule has 6 heteroatoms. The van der Waals surface area contributed by atoms with E-state index in [0.717, 1.165) is 4.90 Å². The highest BCUT2D eigenvalue weighted by atomic mass is 16.5. The summed E-state index contributed by atoms with van der Waals surface area (Å²) in [6, 6.07) is 13.9. The molecule has 0 saturated heterocycles. The van der Waals surface area contributed by atoms with Gasteiger partial charge in [-0.05, 0) is 24.3 Å². The molecule has 0 unspecified atom stereocenters. The molecule has 2 rings (SSSR count). The highest BCUT2D eigenvalue weighted by molar-refractivity contribution is 6.09. The van der Waals surface area contributed by atoms with Crippen molar-refractivity contribution in [1.82, 2.24) is 5.32 Å². The van der Waals surface area contributed by atoms with Gasteiger partial charge in [0.05, 0.1) is 12.8 Å². The second-order valence-corrected chi connectivity index (χ2v) is 4.26. The maximum Gasteiger partial charge on any atom is 0.342 e. The van der Waals surface area contributed by atoms with Gasteiger partial charge < -0.3 is 4.74 Å². The summed E-state index contributed by atoms with van der Waals surface area (Å²) < 4.78 is 5.04. The third kappa shape index (κ3) is 3.41. The molecule has 2 aromatic carbocycles. The summed E-state index contributed by atoms with van der Waals surface area (Å²) in [5.41, 5.74) is 0.639. The lowest BCUT2D eigenvalue weighted by atomic mass is 10.2. The molecule has 0 atom stereocenters. The minimum Gasteiger partial charge on any atom is -0.497 e. The molecule has 0 radical (unpaired) electrons. The van der Waals surface area contributed by atoms with Crippen molar-refractivity contribution >= 4 is 17.6 Å². The third-order valence-corrected chi connectivity index (χ3v) is 2.87. The Bertz CT molecular complexity index is 723. The van der Waals surface area contributed by atoms with Gasteiger partial charge in [0, 0.05) is 11.6 Å². The standard InChI is InChI=1S/C16H13N3O3/c1-22-14-9-5-8-13(10-14)19(11-17)16(21)18-15(20)12-6-3-2-4-7-12/h2-10H,1H3,(H,18,20,21). The van der Waals surface area contributed by atoms with Crippen LogP contribution in [-0.2, 0) is 0 Å². The average Bonchev–Trinajstić information content (AvgIpc) is 2.56. The minimum atomic E-state index is -0.829. The summed E-state index contributed by atoms with van der Waals surface area (Å²) >= 11 is 0. The molecule has 0 fully saturated rings. The summed E-state index contributed by atoms with van der Waals surface area (Å²) in [6.45, 7) is 0. The molecule has 110 valence electrons. The number of rotatable bonds is 3. The number of benzene rings is 2. The number of amides is 3. The Hall–Kier alpha value is -3.33. The molecule has 0 aliphatic carbocycles. The number of anilines is 1. The Balaban J connectivity index is 2.16. The molecule has 2 aromatic rings. The number of hydrogen-bond acceptors (Lipinski definition) is 4. The van der Waals surface area contributed by atoms with Crippen molar-refractivity contribution in [1.29, 1.82) is 5.26 Å². The number of methoxy groups -OCH3 is 1. The summed E-state index contributed by atoms with van der Waals surface area (Å²) in [5, 5.41) is 11.3. The molecule has 1 N–H and O–H groups in total. The van der Waals surface area contributed by atoms with Crippen molar-refractivity contribution < 1.29 is 14.3 Å². The van der Waals surface area contributed by atoms with Crippen LogP contribution in [0.3, 0.4) is 0 Å².